The van der Waals surface area contributed by atoms with Gasteiger partial charge >= 0.3 is 0 Å². The fraction of sp³-hybridized carbons (Fsp3) is 0.786. The molecule has 0 saturated carbocycles. The number of aryl methyl sites for hydroxylation is 1. The third-order valence-corrected chi connectivity index (χ3v) is 3.14. The number of hydrogen-bond acceptors (Lipinski definition) is 3. The van der Waals surface area contributed by atoms with Crippen LogP contribution in [0.4, 0.5) is 0 Å². The van der Waals surface area contributed by atoms with Crippen molar-refractivity contribution in [1.29, 1.82) is 0 Å². The van der Waals surface area contributed by atoms with Crippen LogP contribution in [0.3, 0.4) is 0 Å². The van der Waals surface area contributed by atoms with Gasteiger partial charge in [-0.1, -0.05) is 34.6 Å². The Kier molecular flexibility index (Phi) is 5.69. The van der Waals surface area contributed by atoms with Crippen LogP contribution >= 0.6 is 0 Å². The molecule has 0 fully saturated rings. The average molecular weight is 238 g/mol. The first-order valence-corrected chi connectivity index (χ1v) is 6.68. The molecule has 0 saturated heterocycles. The van der Waals surface area contributed by atoms with Gasteiger partial charge in [0.25, 0.3) is 0 Å². The summed E-state index contributed by atoms with van der Waals surface area (Å²) in [6, 6.07) is 0.552. The molecule has 98 valence electrons. The summed E-state index contributed by atoms with van der Waals surface area (Å²) in [6.07, 6.45) is 3.88. The zero-order valence-electron chi connectivity index (χ0n) is 11.8. The molecule has 1 heterocycles. The monoisotopic (exact) mass is 238 g/mol. The highest BCUT2D eigenvalue weighted by Crippen LogP contribution is 2.24. The van der Waals surface area contributed by atoms with Crippen molar-refractivity contribution in [3.63, 3.8) is 0 Å². The first kappa shape index (κ1) is 14.2. The van der Waals surface area contributed by atoms with Gasteiger partial charge in [0.05, 0.1) is 6.20 Å². The summed E-state index contributed by atoms with van der Waals surface area (Å²) in [6.45, 7) is 11.9. The SMILES string of the molecule is CC(C)NCCCc1ncc(C(C)C(C)C)o1. The van der Waals surface area contributed by atoms with Gasteiger partial charge in [-0.25, -0.2) is 4.98 Å². The van der Waals surface area contributed by atoms with Crippen LogP contribution in [0, 0.1) is 5.92 Å². The normalized spacial score (nSPS) is 13.6. The second kappa shape index (κ2) is 6.80. The van der Waals surface area contributed by atoms with Crippen molar-refractivity contribution < 1.29 is 4.42 Å². The number of nitrogens with zero attached hydrogens (tertiary/aromatic N) is 1. The van der Waals surface area contributed by atoms with E-state index in [1.54, 1.807) is 0 Å². The van der Waals surface area contributed by atoms with E-state index in [0.717, 1.165) is 31.0 Å². The molecule has 3 nitrogen and oxygen atoms in total. The lowest BCUT2D eigenvalue weighted by Crippen LogP contribution is -2.23. The third kappa shape index (κ3) is 4.90. The van der Waals surface area contributed by atoms with Crippen LogP contribution in [0.2, 0.25) is 0 Å². The van der Waals surface area contributed by atoms with E-state index in [-0.39, 0.29) is 0 Å². The van der Waals surface area contributed by atoms with E-state index in [1.807, 2.05) is 6.20 Å². The molecule has 0 aromatic carbocycles. The van der Waals surface area contributed by atoms with Crippen molar-refractivity contribution in [3.05, 3.63) is 17.8 Å². The maximum atomic E-state index is 5.77. The van der Waals surface area contributed by atoms with E-state index < -0.39 is 0 Å². The predicted molar refractivity (Wildman–Crippen MR) is 71.2 cm³/mol. The Morgan fingerprint density at radius 2 is 1.94 bits per heavy atom. The van der Waals surface area contributed by atoms with Crippen molar-refractivity contribution in [1.82, 2.24) is 10.3 Å². The standard InChI is InChI=1S/C14H26N2O/c1-10(2)12(5)13-9-16-14(17-13)7-6-8-15-11(3)4/h9-12,15H,6-8H2,1-5H3. The zero-order valence-corrected chi connectivity index (χ0v) is 11.8. The predicted octanol–water partition coefficient (Wildman–Crippen LogP) is 3.36. The van der Waals surface area contributed by atoms with Gasteiger partial charge in [-0.05, 0) is 18.9 Å². The van der Waals surface area contributed by atoms with E-state index in [4.69, 9.17) is 4.42 Å². The second-order valence-electron chi connectivity index (χ2n) is 5.40. The van der Waals surface area contributed by atoms with Gasteiger partial charge in [-0.15, -0.1) is 0 Å². The van der Waals surface area contributed by atoms with Crippen LogP contribution in [0.15, 0.2) is 10.6 Å². The van der Waals surface area contributed by atoms with E-state index in [1.165, 1.54) is 0 Å². The molecule has 1 unspecified atom stereocenters. The molecular formula is C14H26N2O. The highest BCUT2D eigenvalue weighted by Gasteiger charge is 2.14. The van der Waals surface area contributed by atoms with Gasteiger partial charge in [0.1, 0.15) is 5.76 Å². The molecule has 0 radical (unpaired) electrons. The lowest BCUT2D eigenvalue weighted by atomic mass is 9.96. The van der Waals surface area contributed by atoms with Gasteiger partial charge < -0.3 is 9.73 Å². The zero-order chi connectivity index (χ0) is 12.8. The van der Waals surface area contributed by atoms with Crippen LogP contribution < -0.4 is 5.32 Å². The fourth-order valence-electron chi connectivity index (χ4n) is 1.61. The first-order chi connectivity index (χ1) is 8.00. The summed E-state index contributed by atoms with van der Waals surface area (Å²) in [7, 11) is 0. The lowest BCUT2D eigenvalue weighted by Gasteiger charge is -2.11. The summed E-state index contributed by atoms with van der Waals surface area (Å²) in [4.78, 5) is 4.34. The molecule has 1 atom stereocenters. The van der Waals surface area contributed by atoms with Crippen LogP contribution in [0.25, 0.3) is 0 Å². The summed E-state index contributed by atoms with van der Waals surface area (Å²) >= 11 is 0. The Labute approximate surface area is 105 Å². The molecule has 1 rings (SSSR count). The quantitative estimate of drug-likeness (QED) is 0.740. The average Bonchev–Trinajstić information content (AvgIpc) is 2.71. The number of rotatable bonds is 7. The number of nitrogens with one attached hydrogen (secondary N) is 1. The molecule has 0 spiro atoms. The molecule has 0 aliphatic heterocycles. The van der Waals surface area contributed by atoms with Crippen LogP contribution in [-0.2, 0) is 6.42 Å². The van der Waals surface area contributed by atoms with Crippen LogP contribution in [-0.4, -0.2) is 17.6 Å². The minimum atomic E-state index is 0.449. The van der Waals surface area contributed by atoms with Crippen LogP contribution in [0.1, 0.15) is 58.6 Å². The summed E-state index contributed by atoms with van der Waals surface area (Å²) in [5, 5.41) is 3.39. The van der Waals surface area contributed by atoms with Crippen molar-refractivity contribution >= 4 is 0 Å². The Balaban J connectivity index is 2.36. The molecular weight excluding hydrogens is 212 g/mol. The van der Waals surface area contributed by atoms with Gasteiger partial charge in [-0.2, -0.15) is 0 Å². The minimum Gasteiger partial charge on any atom is -0.445 e. The molecule has 1 aromatic heterocycles. The maximum Gasteiger partial charge on any atom is 0.194 e. The molecule has 0 aliphatic carbocycles. The summed E-state index contributed by atoms with van der Waals surface area (Å²) < 4.78 is 5.77. The summed E-state index contributed by atoms with van der Waals surface area (Å²) in [5.74, 6) is 2.94. The maximum absolute atomic E-state index is 5.77. The molecule has 17 heavy (non-hydrogen) atoms. The summed E-state index contributed by atoms with van der Waals surface area (Å²) in [5.41, 5.74) is 0. The molecule has 0 amide bonds. The second-order valence-corrected chi connectivity index (χ2v) is 5.40. The Morgan fingerprint density at radius 1 is 1.24 bits per heavy atom. The van der Waals surface area contributed by atoms with Crippen molar-refractivity contribution in [2.24, 2.45) is 5.92 Å². The van der Waals surface area contributed by atoms with Gasteiger partial charge in [0.15, 0.2) is 5.89 Å². The third-order valence-electron chi connectivity index (χ3n) is 3.14. The van der Waals surface area contributed by atoms with Gasteiger partial charge in [0, 0.05) is 18.4 Å². The Morgan fingerprint density at radius 3 is 2.53 bits per heavy atom. The fourth-order valence-corrected chi connectivity index (χ4v) is 1.61. The number of aromatic nitrogens is 1. The van der Waals surface area contributed by atoms with Crippen molar-refractivity contribution in [2.75, 3.05) is 6.54 Å². The topological polar surface area (TPSA) is 38.1 Å². The molecule has 0 aliphatic rings. The smallest absolute Gasteiger partial charge is 0.194 e. The first-order valence-electron chi connectivity index (χ1n) is 6.68. The Bertz CT molecular complexity index is 318. The van der Waals surface area contributed by atoms with Gasteiger partial charge in [-0.3, -0.25) is 0 Å². The highest BCUT2D eigenvalue weighted by molar-refractivity contribution is 5.01. The van der Waals surface area contributed by atoms with Crippen LogP contribution in [0.5, 0.6) is 0 Å². The molecule has 1 aromatic rings. The molecule has 1 N–H and O–H groups in total. The van der Waals surface area contributed by atoms with E-state index in [2.05, 4.69) is 44.9 Å². The van der Waals surface area contributed by atoms with Crippen molar-refractivity contribution in [3.8, 4) is 0 Å². The van der Waals surface area contributed by atoms with E-state index >= 15 is 0 Å². The van der Waals surface area contributed by atoms with Gasteiger partial charge in [0.2, 0.25) is 0 Å². The van der Waals surface area contributed by atoms with E-state index in [0.29, 0.717) is 17.9 Å². The molecule has 3 heteroatoms. The number of hydrogen-bond donors (Lipinski definition) is 1. The largest absolute Gasteiger partial charge is 0.445 e. The van der Waals surface area contributed by atoms with E-state index in [9.17, 15) is 0 Å². The molecule has 0 bridgehead atoms. The number of oxazole rings is 1. The highest BCUT2D eigenvalue weighted by atomic mass is 16.4. The lowest BCUT2D eigenvalue weighted by molar-refractivity contribution is 0.386. The minimum absolute atomic E-state index is 0.449. The van der Waals surface area contributed by atoms with Crippen molar-refractivity contribution in [2.45, 2.75) is 59.4 Å². The Hall–Kier alpha value is -0.830.